The average Bonchev–Trinajstić information content (AvgIpc) is 3.48. The molecule has 0 radical (unpaired) electrons. The van der Waals surface area contributed by atoms with Gasteiger partial charge < -0.3 is 19.9 Å². The summed E-state index contributed by atoms with van der Waals surface area (Å²) < 4.78 is 7.79. The predicted octanol–water partition coefficient (Wildman–Crippen LogP) is 3.58. The number of nitrogens with one attached hydrogen (secondary N) is 1. The number of aliphatic imine (C=N–C) groups is 1. The van der Waals surface area contributed by atoms with E-state index in [1.54, 1.807) is 0 Å². The molecule has 1 amide bonds. The first-order valence-electron chi connectivity index (χ1n) is 12.1. The number of aryl methyl sites for hydroxylation is 3. The summed E-state index contributed by atoms with van der Waals surface area (Å²) in [5, 5.41) is 8.03. The molecule has 1 N–H and O–H groups in total. The Kier molecular flexibility index (Phi) is 8.06. The molecule has 2 fully saturated rings. The summed E-state index contributed by atoms with van der Waals surface area (Å²) in [6.07, 6.45) is 5.18. The third kappa shape index (κ3) is 7.14. The monoisotopic (exact) mass is 446 g/mol. The molecular formula is C24H42N6O2. The van der Waals surface area contributed by atoms with Crippen molar-refractivity contribution in [2.75, 3.05) is 33.2 Å². The number of hydrogen-bond donors (Lipinski definition) is 1. The molecule has 1 aromatic rings. The van der Waals surface area contributed by atoms with Crippen LogP contribution in [0.25, 0.3) is 0 Å². The number of rotatable bonds is 7. The summed E-state index contributed by atoms with van der Waals surface area (Å²) in [6, 6.07) is 2.35. The number of hydrogen-bond acceptors (Lipinski definition) is 4. The molecule has 1 saturated heterocycles. The van der Waals surface area contributed by atoms with Gasteiger partial charge in [0.05, 0.1) is 5.69 Å². The lowest BCUT2D eigenvalue weighted by molar-refractivity contribution is 0.00928. The highest BCUT2D eigenvalue weighted by Crippen LogP contribution is 2.32. The molecule has 1 saturated carbocycles. The second-order valence-corrected chi connectivity index (χ2v) is 10.3. The zero-order valence-corrected chi connectivity index (χ0v) is 20.9. The van der Waals surface area contributed by atoms with E-state index in [1.807, 2.05) is 39.6 Å². The molecule has 0 aromatic carbocycles. The van der Waals surface area contributed by atoms with Crippen molar-refractivity contribution in [3.63, 3.8) is 0 Å². The second-order valence-electron chi connectivity index (χ2n) is 10.3. The maximum Gasteiger partial charge on any atom is 0.410 e. The molecule has 1 aromatic heterocycles. The number of ether oxygens (including phenoxy) is 1. The summed E-state index contributed by atoms with van der Waals surface area (Å²) in [5.41, 5.74) is 1.81. The Morgan fingerprint density at radius 3 is 2.47 bits per heavy atom. The van der Waals surface area contributed by atoms with Gasteiger partial charge in [-0.25, -0.2) is 4.79 Å². The maximum absolute atomic E-state index is 12.9. The van der Waals surface area contributed by atoms with Gasteiger partial charge in [0.1, 0.15) is 5.60 Å². The standard InChI is InChI=1S/C24H42N6O2/c1-18-16-19(2)30(27-18)13-7-12-26-22(25-6)28-14-10-21(11-15-28)29(17-20-8-9-20)23(31)32-24(3,4)5/h16,20-21H,7-15,17H2,1-6H3,(H,25,26). The largest absolute Gasteiger partial charge is 0.444 e. The van der Waals surface area contributed by atoms with Gasteiger partial charge in [-0.3, -0.25) is 9.67 Å². The van der Waals surface area contributed by atoms with Crippen LogP contribution < -0.4 is 5.32 Å². The third-order valence-electron chi connectivity index (χ3n) is 6.13. The van der Waals surface area contributed by atoms with Crippen molar-refractivity contribution in [2.24, 2.45) is 10.9 Å². The number of likely N-dealkylation sites (tertiary alicyclic amines) is 1. The van der Waals surface area contributed by atoms with Crippen LogP contribution in [0.3, 0.4) is 0 Å². The highest BCUT2D eigenvalue weighted by molar-refractivity contribution is 5.80. The molecule has 0 spiro atoms. The van der Waals surface area contributed by atoms with E-state index in [0.717, 1.165) is 63.6 Å². The lowest BCUT2D eigenvalue weighted by atomic mass is 10.0. The molecule has 2 heterocycles. The van der Waals surface area contributed by atoms with E-state index in [9.17, 15) is 4.79 Å². The Balaban J connectivity index is 1.46. The molecule has 8 nitrogen and oxygen atoms in total. The van der Waals surface area contributed by atoms with E-state index >= 15 is 0 Å². The van der Waals surface area contributed by atoms with Gasteiger partial charge in [-0.15, -0.1) is 0 Å². The Bertz CT molecular complexity index is 785. The van der Waals surface area contributed by atoms with E-state index in [1.165, 1.54) is 18.5 Å². The van der Waals surface area contributed by atoms with Gasteiger partial charge in [-0.05, 0) is 78.7 Å². The summed E-state index contributed by atoms with van der Waals surface area (Å²) >= 11 is 0. The van der Waals surface area contributed by atoms with Crippen molar-refractivity contribution < 1.29 is 9.53 Å². The Hall–Kier alpha value is -2.25. The molecule has 0 atom stereocenters. The van der Waals surface area contributed by atoms with Crippen LogP contribution in [0.4, 0.5) is 4.79 Å². The minimum Gasteiger partial charge on any atom is -0.444 e. The molecule has 2 aliphatic rings. The number of guanidine groups is 1. The van der Waals surface area contributed by atoms with E-state index in [-0.39, 0.29) is 12.1 Å². The molecule has 32 heavy (non-hydrogen) atoms. The minimum atomic E-state index is -0.459. The SMILES string of the molecule is CN=C(NCCCn1nc(C)cc1C)N1CCC(N(CC2CC2)C(=O)OC(C)(C)C)CC1. The van der Waals surface area contributed by atoms with Crippen LogP contribution >= 0.6 is 0 Å². The maximum atomic E-state index is 12.9. The van der Waals surface area contributed by atoms with E-state index in [0.29, 0.717) is 5.92 Å². The normalized spacial score (nSPS) is 18.1. The van der Waals surface area contributed by atoms with Crippen molar-refractivity contribution in [3.8, 4) is 0 Å². The van der Waals surface area contributed by atoms with Crippen molar-refractivity contribution in [3.05, 3.63) is 17.5 Å². The van der Waals surface area contributed by atoms with Gasteiger partial charge in [0.2, 0.25) is 0 Å². The number of amides is 1. The molecular weight excluding hydrogens is 404 g/mol. The number of carbonyl (C=O) groups excluding carboxylic acids is 1. The summed E-state index contributed by atoms with van der Waals surface area (Å²) in [6.45, 7) is 14.3. The topological polar surface area (TPSA) is 75.0 Å². The first-order chi connectivity index (χ1) is 15.2. The van der Waals surface area contributed by atoms with Crippen LogP contribution in [0.2, 0.25) is 0 Å². The van der Waals surface area contributed by atoms with Crippen molar-refractivity contribution >= 4 is 12.1 Å². The first-order valence-corrected chi connectivity index (χ1v) is 12.1. The number of nitrogens with zero attached hydrogens (tertiary/aromatic N) is 5. The van der Waals surface area contributed by atoms with Crippen molar-refractivity contribution in [2.45, 2.75) is 84.9 Å². The van der Waals surface area contributed by atoms with Crippen LogP contribution in [0.1, 0.15) is 64.3 Å². The zero-order chi connectivity index (χ0) is 23.3. The fraction of sp³-hybridized carbons (Fsp3) is 0.792. The van der Waals surface area contributed by atoms with Gasteiger partial charge in [-0.1, -0.05) is 0 Å². The fourth-order valence-electron chi connectivity index (χ4n) is 4.32. The van der Waals surface area contributed by atoms with Gasteiger partial charge in [-0.2, -0.15) is 5.10 Å². The molecule has 1 aliphatic carbocycles. The summed E-state index contributed by atoms with van der Waals surface area (Å²) in [5.74, 6) is 1.60. The second kappa shape index (κ2) is 10.6. The minimum absolute atomic E-state index is 0.158. The predicted molar refractivity (Wildman–Crippen MR) is 128 cm³/mol. The fourth-order valence-corrected chi connectivity index (χ4v) is 4.32. The number of carbonyl (C=O) groups is 1. The highest BCUT2D eigenvalue weighted by atomic mass is 16.6. The van der Waals surface area contributed by atoms with Gasteiger partial charge >= 0.3 is 6.09 Å². The Morgan fingerprint density at radius 2 is 1.94 bits per heavy atom. The summed E-state index contributed by atoms with van der Waals surface area (Å²) in [4.78, 5) is 21.7. The Morgan fingerprint density at radius 1 is 1.25 bits per heavy atom. The molecule has 8 heteroatoms. The van der Waals surface area contributed by atoms with Crippen molar-refractivity contribution in [1.29, 1.82) is 0 Å². The lowest BCUT2D eigenvalue weighted by Crippen LogP contribution is -2.52. The van der Waals surface area contributed by atoms with E-state index in [4.69, 9.17) is 4.74 Å². The zero-order valence-electron chi connectivity index (χ0n) is 20.9. The molecule has 0 bridgehead atoms. The van der Waals surface area contributed by atoms with E-state index in [2.05, 4.69) is 38.0 Å². The summed E-state index contributed by atoms with van der Waals surface area (Å²) in [7, 11) is 1.84. The van der Waals surface area contributed by atoms with Gasteiger partial charge in [0.25, 0.3) is 0 Å². The van der Waals surface area contributed by atoms with Crippen LogP contribution in [0, 0.1) is 19.8 Å². The molecule has 3 rings (SSSR count). The van der Waals surface area contributed by atoms with Gasteiger partial charge in [0.15, 0.2) is 5.96 Å². The van der Waals surface area contributed by atoms with Crippen LogP contribution in [0.5, 0.6) is 0 Å². The number of aromatic nitrogens is 2. The molecule has 180 valence electrons. The van der Waals surface area contributed by atoms with Crippen LogP contribution in [-0.2, 0) is 11.3 Å². The smallest absolute Gasteiger partial charge is 0.410 e. The lowest BCUT2D eigenvalue weighted by Gasteiger charge is -2.40. The van der Waals surface area contributed by atoms with E-state index < -0.39 is 5.60 Å². The average molecular weight is 447 g/mol. The molecule has 1 aliphatic heterocycles. The highest BCUT2D eigenvalue weighted by Gasteiger charge is 2.35. The van der Waals surface area contributed by atoms with Gasteiger partial charge in [0, 0.05) is 51.5 Å². The Labute approximate surface area is 193 Å². The third-order valence-corrected chi connectivity index (χ3v) is 6.13. The quantitative estimate of drug-likeness (QED) is 0.394. The molecule has 0 unspecified atom stereocenters. The van der Waals surface area contributed by atoms with Crippen LogP contribution in [-0.4, -0.2) is 76.5 Å². The number of piperidine rings is 1. The van der Waals surface area contributed by atoms with Crippen molar-refractivity contribution in [1.82, 2.24) is 24.9 Å². The first kappa shape index (κ1) is 24.4. The van der Waals surface area contributed by atoms with Crippen LogP contribution in [0.15, 0.2) is 11.1 Å².